The van der Waals surface area contributed by atoms with E-state index in [4.69, 9.17) is 14.7 Å². The molecule has 2 saturated heterocycles. The maximum atomic E-state index is 15.5. The first-order valence-electron chi connectivity index (χ1n) is 14.4. The number of aromatic nitrogens is 2. The molecule has 0 radical (unpaired) electrons. The van der Waals surface area contributed by atoms with Crippen LogP contribution in [0.3, 0.4) is 0 Å². The molecule has 2 aliphatic heterocycles. The first kappa shape index (κ1) is 29.1. The SMILES string of the molecule is Cc1c(N2CCCCC2)nc2cc(F)cc(F)c2c1Nc1cc(N2CCOCC2)ncc1-c1cccc(NS(C)(=O)=O)c1. The molecule has 2 aromatic carbocycles. The normalized spacial score (nSPS) is 16.0. The Kier molecular flexibility index (Phi) is 8.06. The van der Waals surface area contributed by atoms with E-state index in [2.05, 4.69) is 19.8 Å². The van der Waals surface area contributed by atoms with Crippen LogP contribution in [0.4, 0.5) is 37.5 Å². The number of fused-ring (bicyclic) bond motifs is 1. The topological polar surface area (TPSA) is 99.7 Å². The highest BCUT2D eigenvalue weighted by atomic mass is 32.2. The minimum absolute atomic E-state index is 0.197. The third-order valence-corrected chi connectivity index (χ3v) is 8.44. The molecule has 4 aromatic rings. The summed E-state index contributed by atoms with van der Waals surface area (Å²) in [6.45, 7) is 6.04. The van der Waals surface area contributed by atoms with Crippen LogP contribution in [0.15, 0.2) is 48.7 Å². The van der Waals surface area contributed by atoms with Crippen molar-refractivity contribution in [3.63, 3.8) is 0 Å². The summed E-state index contributed by atoms with van der Waals surface area (Å²) >= 11 is 0. The van der Waals surface area contributed by atoms with Crippen molar-refractivity contribution in [3.05, 3.63) is 65.9 Å². The van der Waals surface area contributed by atoms with E-state index in [9.17, 15) is 12.8 Å². The molecule has 2 aliphatic rings. The van der Waals surface area contributed by atoms with Gasteiger partial charge in [0, 0.05) is 67.4 Å². The van der Waals surface area contributed by atoms with E-state index in [-0.39, 0.29) is 10.9 Å². The van der Waals surface area contributed by atoms with Gasteiger partial charge in [-0.1, -0.05) is 12.1 Å². The van der Waals surface area contributed by atoms with E-state index in [0.29, 0.717) is 60.3 Å². The van der Waals surface area contributed by atoms with Crippen LogP contribution in [0.2, 0.25) is 0 Å². The summed E-state index contributed by atoms with van der Waals surface area (Å²) in [6, 6.07) is 11.1. The van der Waals surface area contributed by atoms with Crippen LogP contribution >= 0.6 is 0 Å². The summed E-state index contributed by atoms with van der Waals surface area (Å²) in [6.07, 6.45) is 6.01. The Morgan fingerprint density at radius 1 is 0.953 bits per heavy atom. The molecular weight excluding hydrogens is 574 g/mol. The molecular formula is C31H34F2N6O3S. The lowest BCUT2D eigenvalue weighted by molar-refractivity contribution is 0.122. The number of nitrogens with zero attached hydrogens (tertiary/aromatic N) is 4. The number of morpholine rings is 1. The fraction of sp³-hybridized carbons (Fsp3) is 0.355. The van der Waals surface area contributed by atoms with Gasteiger partial charge in [0.15, 0.2) is 0 Å². The smallest absolute Gasteiger partial charge is 0.229 e. The zero-order valence-electron chi connectivity index (χ0n) is 24.2. The number of nitrogens with one attached hydrogen (secondary N) is 2. The van der Waals surface area contributed by atoms with Crippen LogP contribution in [0.1, 0.15) is 24.8 Å². The second kappa shape index (κ2) is 11.9. The molecule has 0 aliphatic carbocycles. The molecule has 43 heavy (non-hydrogen) atoms. The van der Waals surface area contributed by atoms with Crippen LogP contribution < -0.4 is 19.8 Å². The van der Waals surface area contributed by atoms with Gasteiger partial charge in [0.1, 0.15) is 23.3 Å². The molecule has 2 N–H and O–H groups in total. The number of pyridine rings is 2. The molecule has 226 valence electrons. The molecule has 0 spiro atoms. The lowest BCUT2D eigenvalue weighted by Gasteiger charge is -2.31. The monoisotopic (exact) mass is 608 g/mol. The van der Waals surface area contributed by atoms with Gasteiger partial charge in [0.05, 0.1) is 41.7 Å². The van der Waals surface area contributed by atoms with Gasteiger partial charge >= 0.3 is 0 Å². The Morgan fingerprint density at radius 2 is 1.72 bits per heavy atom. The van der Waals surface area contributed by atoms with Crippen molar-refractivity contribution in [2.45, 2.75) is 26.2 Å². The van der Waals surface area contributed by atoms with Crippen molar-refractivity contribution < 1.29 is 21.9 Å². The fourth-order valence-corrected chi connectivity index (χ4v) is 6.36. The van der Waals surface area contributed by atoms with Gasteiger partial charge in [-0.2, -0.15) is 0 Å². The summed E-state index contributed by atoms with van der Waals surface area (Å²) < 4.78 is 61.9. The van der Waals surface area contributed by atoms with Crippen LogP contribution in [-0.4, -0.2) is 64.0 Å². The zero-order valence-corrected chi connectivity index (χ0v) is 25.0. The average molecular weight is 609 g/mol. The number of hydrogen-bond acceptors (Lipinski definition) is 8. The molecule has 0 amide bonds. The number of halogens is 2. The zero-order chi connectivity index (χ0) is 30.1. The molecule has 6 rings (SSSR count). The first-order valence-corrected chi connectivity index (χ1v) is 16.3. The lowest BCUT2D eigenvalue weighted by atomic mass is 10.0. The minimum atomic E-state index is -3.49. The summed E-state index contributed by atoms with van der Waals surface area (Å²) in [5, 5.41) is 3.70. The molecule has 2 aromatic heterocycles. The van der Waals surface area contributed by atoms with Crippen molar-refractivity contribution in [1.29, 1.82) is 0 Å². The summed E-state index contributed by atoms with van der Waals surface area (Å²) in [5.74, 6) is 0.0229. The summed E-state index contributed by atoms with van der Waals surface area (Å²) in [7, 11) is -3.49. The second-order valence-corrected chi connectivity index (χ2v) is 12.8. The van der Waals surface area contributed by atoms with Crippen molar-refractivity contribution in [1.82, 2.24) is 9.97 Å². The number of benzene rings is 2. The first-order chi connectivity index (χ1) is 20.7. The lowest BCUT2D eigenvalue weighted by Crippen LogP contribution is -2.36. The molecule has 12 heteroatoms. The minimum Gasteiger partial charge on any atom is -0.378 e. The largest absolute Gasteiger partial charge is 0.378 e. The van der Waals surface area contributed by atoms with Crippen LogP contribution in [0.25, 0.3) is 22.0 Å². The number of hydrogen-bond donors (Lipinski definition) is 2. The molecule has 2 fully saturated rings. The second-order valence-electron chi connectivity index (χ2n) is 11.0. The van der Waals surface area contributed by atoms with Gasteiger partial charge in [-0.25, -0.2) is 27.2 Å². The van der Waals surface area contributed by atoms with Crippen molar-refractivity contribution >= 4 is 49.6 Å². The Bertz CT molecular complexity index is 1770. The Hall–Kier alpha value is -4.03. The van der Waals surface area contributed by atoms with Gasteiger partial charge < -0.3 is 19.9 Å². The standard InChI is InChI=1S/C31H34F2N6O3S/c1-20-30(29-25(33)16-22(32)17-27(29)36-31(20)39-9-4-3-5-10-39)35-26-18-28(38-11-13-42-14-12-38)34-19-24(26)21-7-6-8-23(15-21)37-43(2,40)41/h6-8,15-19,37H,3-5,9-14H2,1-2H3,(H,34,35,36). The number of anilines is 5. The quantitative estimate of drug-likeness (QED) is 0.271. The van der Waals surface area contributed by atoms with Crippen LogP contribution in [0, 0.1) is 18.6 Å². The van der Waals surface area contributed by atoms with Crippen LogP contribution in [0.5, 0.6) is 0 Å². The van der Waals surface area contributed by atoms with E-state index in [1.807, 2.05) is 19.1 Å². The molecule has 9 nitrogen and oxygen atoms in total. The number of sulfonamides is 1. The predicted molar refractivity (Wildman–Crippen MR) is 167 cm³/mol. The highest BCUT2D eigenvalue weighted by Gasteiger charge is 2.23. The maximum Gasteiger partial charge on any atom is 0.229 e. The Labute approximate surface area is 249 Å². The van der Waals surface area contributed by atoms with E-state index in [1.165, 1.54) is 6.07 Å². The highest BCUT2D eigenvalue weighted by Crippen LogP contribution is 2.40. The number of piperidine rings is 1. The Balaban J connectivity index is 1.52. The third-order valence-electron chi connectivity index (χ3n) is 7.84. The summed E-state index contributed by atoms with van der Waals surface area (Å²) in [4.78, 5) is 13.8. The van der Waals surface area contributed by atoms with Gasteiger partial charge in [-0.3, -0.25) is 4.72 Å². The average Bonchev–Trinajstić information content (AvgIpc) is 2.98. The van der Waals surface area contributed by atoms with Crippen molar-refractivity contribution in [2.24, 2.45) is 0 Å². The highest BCUT2D eigenvalue weighted by molar-refractivity contribution is 7.92. The predicted octanol–water partition coefficient (Wildman–Crippen LogP) is 5.83. The Morgan fingerprint density at radius 3 is 2.47 bits per heavy atom. The number of rotatable bonds is 7. The molecule has 4 heterocycles. The summed E-state index contributed by atoms with van der Waals surface area (Å²) in [5.41, 5.74) is 3.91. The van der Waals surface area contributed by atoms with Crippen molar-refractivity contribution in [3.8, 4) is 11.1 Å². The molecule has 0 unspecified atom stereocenters. The molecule has 0 bridgehead atoms. The van der Waals surface area contributed by atoms with Gasteiger partial charge in [0.25, 0.3) is 0 Å². The maximum absolute atomic E-state index is 15.5. The number of ether oxygens (including phenoxy) is 1. The van der Waals surface area contributed by atoms with Crippen molar-refractivity contribution in [2.75, 3.05) is 65.5 Å². The molecule has 0 saturated carbocycles. The third kappa shape index (κ3) is 6.35. The van der Waals surface area contributed by atoms with Crippen LogP contribution in [-0.2, 0) is 14.8 Å². The van der Waals surface area contributed by atoms with Gasteiger partial charge in [-0.15, -0.1) is 0 Å². The van der Waals surface area contributed by atoms with Gasteiger partial charge in [-0.05, 0) is 43.9 Å². The van der Waals surface area contributed by atoms with E-state index >= 15 is 4.39 Å². The molecule has 0 atom stereocenters. The fourth-order valence-electron chi connectivity index (χ4n) is 5.80. The van der Waals surface area contributed by atoms with Gasteiger partial charge in [0.2, 0.25) is 10.0 Å². The van der Waals surface area contributed by atoms with E-state index in [1.54, 1.807) is 24.4 Å². The van der Waals surface area contributed by atoms with E-state index in [0.717, 1.165) is 56.1 Å². The van der Waals surface area contributed by atoms with E-state index < -0.39 is 21.7 Å².